The van der Waals surface area contributed by atoms with Gasteiger partial charge in [0.15, 0.2) is 0 Å². The zero-order valence-corrected chi connectivity index (χ0v) is 4.62. The van der Waals surface area contributed by atoms with Crippen LogP contribution in [-0.2, 0) is 0 Å². The molecular weight excluding hydrogens is 88.1 g/mol. The van der Waals surface area contributed by atoms with Crippen molar-refractivity contribution in [2.45, 2.75) is 0 Å². The van der Waals surface area contributed by atoms with Gasteiger partial charge in [-0.2, -0.15) is 0 Å². The highest BCUT2D eigenvalue weighted by atomic mass is 28.2. The van der Waals surface area contributed by atoms with E-state index in [1.165, 1.54) is 0 Å². The number of hydrogen-bond donors (Lipinski definition) is 0. The summed E-state index contributed by atoms with van der Waals surface area (Å²) in [6.07, 6.45) is 0. The lowest BCUT2D eigenvalue weighted by Gasteiger charge is -1.69. The van der Waals surface area contributed by atoms with E-state index in [4.69, 9.17) is 0 Å². The maximum Gasteiger partial charge on any atom is 0.0198 e. The lowest BCUT2D eigenvalue weighted by molar-refractivity contribution is 1.87. The lowest BCUT2D eigenvalue weighted by atomic mass is 10.6. The Hall–Kier alpha value is -0.433. The van der Waals surface area contributed by atoms with Crippen LogP contribution < -0.4 is 0 Å². The minimum absolute atomic E-state index is 0.513. The Balaban J connectivity index is 3.00. The number of rotatable bonds is 0. The maximum atomic E-state index is 2.21. The van der Waals surface area contributed by atoms with Gasteiger partial charge in [-0.1, -0.05) is 29.6 Å². The van der Waals surface area contributed by atoms with Gasteiger partial charge in [0.25, 0.3) is 0 Å². The molecule has 6 heavy (non-hydrogen) atoms. The molecule has 0 unspecified atom stereocenters. The van der Waals surface area contributed by atoms with Crippen LogP contribution in [0.3, 0.4) is 0 Å². The molecule has 1 heterocycles. The molecule has 1 heteroatoms. The molecule has 1 aromatic heterocycles. The summed E-state index contributed by atoms with van der Waals surface area (Å²) in [5.74, 6) is 0. The van der Waals surface area contributed by atoms with E-state index < -0.39 is 0 Å². The van der Waals surface area contributed by atoms with Crippen LogP contribution in [0.25, 0.3) is 0 Å². The Labute approximate surface area is 39.6 Å². The van der Waals surface area contributed by atoms with Crippen molar-refractivity contribution < 1.29 is 0 Å². The standard InChI is InChI=1S/C5H6Si/c1-2-4-6-5-3-1/h1-6H. The molecule has 0 nitrogen and oxygen atoms in total. The highest BCUT2D eigenvalue weighted by Crippen LogP contribution is 1.73. The molecule has 0 saturated carbocycles. The monoisotopic (exact) mass is 94.0 g/mol. The van der Waals surface area contributed by atoms with E-state index in [1.54, 1.807) is 0 Å². The molecule has 30 valence electrons. The maximum absolute atomic E-state index is 2.21. The molecule has 1 rings (SSSR count). The Kier molecular flexibility index (Phi) is 1.17. The van der Waals surface area contributed by atoms with Crippen molar-refractivity contribution in [3.05, 3.63) is 29.6 Å². The average Bonchev–Trinajstić information content (AvgIpc) is 1.72. The van der Waals surface area contributed by atoms with Gasteiger partial charge >= 0.3 is 0 Å². The van der Waals surface area contributed by atoms with Crippen molar-refractivity contribution in [2.75, 3.05) is 0 Å². The van der Waals surface area contributed by atoms with Crippen LogP contribution in [0.2, 0.25) is 0 Å². The van der Waals surface area contributed by atoms with Gasteiger partial charge in [-0.15, -0.1) is 0 Å². The molecule has 0 aliphatic rings. The zero-order valence-electron chi connectivity index (χ0n) is 3.46. The van der Waals surface area contributed by atoms with Crippen LogP contribution in [0.15, 0.2) is 29.6 Å². The SMILES string of the molecule is c1cc[siH]cc1. The van der Waals surface area contributed by atoms with Crippen LogP contribution >= 0.6 is 0 Å². The average molecular weight is 94.2 g/mol. The van der Waals surface area contributed by atoms with Crippen molar-refractivity contribution in [2.24, 2.45) is 0 Å². The first kappa shape index (κ1) is 3.75. The smallest absolute Gasteiger partial charge is 0.0198 e. The van der Waals surface area contributed by atoms with Gasteiger partial charge in [0.1, 0.15) is 0 Å². The second-order valence-electron chi connectivity index (χ2n) is 1.15. The largest absolute Gasteiger partial charge is 0.0805 e. The van der Waals surface area contributed by atoms with Gasteiger partial charge in [-0.25, -0.2) is 0 Å². The van der Waals surface area contributed by atoms with Gasteiger partial charge < -0.3 is 0 Å². The third-order valence-electron chi connectivity index (χ3n) is 0.667. The van der Waals surface area contributed by atoms with E-state index in [9.17, 15) is 0 Å². The summed E-state index contributed by atoms with van der Waals surface area (Å²) in [6.45, 7) is 0. The molecular formula is C5H6Si. The van der Waals surface area contributed by atoms with E-state index >= 15 is 0 Å². The molecule has 0 aromatic carbocycles. The summed E-state index contributed by atoms with van der Waals surface area (Å²) in [5.41, 5.74) is 4.42. The van der Waals surface area contributed by atoms with Crippen molar-refractivity contribution in [3.63, 3.8) is 0 Å². The van der Waals surface area contributed by atoms with Crippen molar-refractivity contribution >= 4 is 9.12 Å². The van der Waals surface area contributed by atoms with E-state index in [1.807, 2.05) is 0 Å². The molecule has 0 aliphatic carbocycles. The first-order chi connectivity index (χ1) is 3.00. The summed E-state index contributed by atoms with van der Waals surface area (Å²) in [4.78, 5) is 0. The van der Waals surface area contributed by atoms with E-state index in [2.05, 4.69) is 29.6 Å². The third kappa shape index (κ3) is 0.758. The quantitative estimate of drug-likeness (QED) is 0.416. The Morgan fingerprint density at radius 2 is 1.50 bits per heavy atom. The minimum Gasteiger partial charge on any atom is -0.0805 e. The number of hydrogen-bond acceptors (Lipinski definition) is 0. The van der Waals surface area contributed by atoms with Crippen LogP contribution in [0, 0.1) is 0 Å². The lowest BCUT2D eigenvalue weighted by Crippen LogP contribution is -1.60. The van der Waals surface area contributed by atoms with Gasteiger partial charge in [0.05, 0.1) is 0 Å². The van der Waals surface area contributed by atoms with Crippen LogP contribution in [0.1, 0.15) is 0 Å². The van der Waals surface area contributed by atoms with Gasteiger partial charge in [0, 0.05) is 9.12 Å². The molecule has 1 aromatic rings. The molecule has 0 saturated heterocycles. The van der Waals surface area contributed by atoms with Crippen molar-refractivity contribution in [1.82, 2.24) is 0 Å². The second kappa shape index (κ2) is 1.87. The van der Waals surface area contributed by atoms with Crippen LogP contribution in [0.5, 0.6) is 0 Å². The van der Waals surface area contributed by atoms with E-state index in [0.29, 0.717) is 9.12 Å². The predicted octanol–water partition coefficient (Wildman–Crippen LogP) is 0.757. The highest BCUT2D eigenvalue weighted by Gasteiger charge is 1.58. The second-order valence-corrected chi connectivity index (χ2v) is 2.31. The molecule has 0 fully saturated rings. The van der Waals surface area contributed by atoms with Gasteiger partial charge in [-0.3, -0.25) is 0 Å². The Bertz CT molecular complexity index is 75.9. The van der Waals surface area contributed by atoms with E-state index in [-0.39, 0.29) is 0 Å². The molecule has 0 atom stereocenters. The molecule has 0 amide bonds. The topological polar surface area (TPSA) is 0 Å². The van der Waals surface area contributed by atoms with Crippen molar-refractivity contribution in [1.29, 1.82) is 0 Å². The fourth-order valence-electron chi connectivity index (χ4n) is 0.385. The minimum atomic E-state index is 0.513. The molecule has 0 spiro atoms. The first-order valence-corrected chi connectivity index (χ1v) is 3.33. The third-order valence-corrected chi connectivity index (χ3v) is 1.56. The molecule has 0 radical (unpaired) electrons. The summed E-state index contributed by atoms with van der Waals surface area (Å²) < 4.78 is 0. The van der Waals surface area contributed by atoms with Crippen LogP contribution in [-0.4, -0.2) is 9.12 Å². The molecule has 0 bridgehead atoms. The summed E-state index contributed by atoms with van der Waals surface area (Å²) >= 11 is 0. The van der Waals surface area contributed by atoms with Crippen molar-refractivity contribution in [3.8, 4) is 0 Å². The normalized spacial score (nSPS) is 8.00. The fourth-order valence-corrected chi connectivity index (χ4v) is 1.03. The molecule has 0 aliphatic heterocycles. The summed E-state index contributed by atoms with van der Waals surface area (Å²) in [6, 6.07) is 6.24. The Morgan fingerprint density at radius 3 is 1.67 bits per heavy atom. The highest BCUT2D eigenvalue weighted by molar-refractivity contribution is 6.26. The fraction of sp³-hybridized carbons (Fsp3) is 0. The van der Waals surface area contributed by atoms with E-state index in [0.717, 1.165) is 0 Å². The predicted molar refractivity (Wildman–Crippen MR) is 29.2 cm³/mol. The van der Waals surface area contributed by atoms with Crippen LogP contribution in [0.4, 0.5) is 0 Å². The Morgan fingerprint density at radius 1 is 0.833 bits per heavy atom. The van der Waals surface area contributed by atoms with Gasteiger partial charge in [0.2, 0.25) is 0 Å². The first-order valence-electron chi connectivity index (χ1n) is 2.00. The molecule has 0 N–H and O–H groups in total. The summed E-state index contributed by atoms with van der Waals surface area (Å²) in [5, 5.41) is 0. The zero-order chi connectivity index (χ0) is 4.24. The summed E-state index contributed by atoms with van der Waals surface area (Å²) in [7, 11) is 0.513. The van der Waals surface area contributed by atoms with Gasteiger partial charge in [-0.05, 0) is 0 Å².